The van der Waals surface area contributed by atoms with Crippen LogP contribution in [0.15, 0.2) is 6.07 Å². The first-order valence-corrected chi connectivity index (χ1v) is 8.07. The van der Waals surface area contributed by atoms with Crippen LogP contribution in [0.25, 0.3) is 10.9 Å². The number of hydrogen-bond donors (Lipinski definition) is 3. The van der Waals surface area contributed by atoms with Gasteiger partial charge in [-0.15, -0.1) is 0 Å². The van der Waals surface area contributed by atoms with E-state index in [1.807, 2.05) is 13.8 Å². The van der Waals surface area contributed by atoms with Crippen molar-refractivity contribution in [3.63, 3.8) is 0 Å². The number of rotatable bonds is 2. The Morgan fingerprint density at radius 1 is 1.39 bits per heavy atom. The van der Waals surface area contributed by atoms with Crippen molar-refractivity contribution in [2.45, 2.75) is 26.3 Å². The number of primary amides is 1. The number of carbonyl (C=O) groups is 1. The zero-order valence-electron chi connectivity index (χ0n) is 13.4. The fraction of sp³-hybridized carbons (Fsp3) is 0.471. The van der Waals surface area contributed by atoms with E-state index < -0.39 is 5.91 Å². The van der Waals surface area contributed by atoms with E-state index in [-0.39, 0.29) is 11.4 Å². The van der Waals surface area contributed by atoms with Gasteiger partial charge in [-0.25, -0.2) is 4.39 Å². The number of aromatic amines is 1. The highest BCUT2D eigenvalue weighted by Gasteiger charge is 2.39. The molecule has 2 atom stereocenters. The molecular weight excluding hydrogens is 295 g/mol. The molecule has 3 heterocycles. The first-order chi connectivity index (χ1) is 11.0. The number of hydrogen-bond acceptors (Lipinski definition) is 3. The van der Waals surface area contributed by atoms with Gasteiger partial charge in [-0.05, 0) is 37.8 Å². The number of nitrogens with one attached hydrogen (secondary N) is 2. The molecule has 0 aliphatic carbocycles. The lowest BCUT2D eigenvalue weighted by Crippen LogP contribution is -2.35. The molecule has 4 N–H and O–H groups in total. The third-order valence-electron chi connectivity index (χ3n) is 5.50. The van der Waals surface area contributed by atoms with Crippen LogP contribution in [0.2, 0.25) is 0 Å². The lowest BCUT2D eigenvalue weighted by molar-refractivity contribution is 0.100. The summed E-state index contributed by atoms with van der Waals surface area (Å²) in [6.45, 7) is 6.62. The van der Waals surface area contributed by atoms with Crippen LogP contribution in [0, 0.1) is 25.6 Å². The number of amides is 1. The average molecular weight is 316 g/mol. The SMILES string of the molecule is Cc1[nH]c2c(C(N)=O)cc(F)c(N3CC[C@H]4CNC[C@H]43)c2c1C. The van der Waals surface area contributed by atoms with Crippen LogP contribution in [-0.2, 0) is 0 Å². The number of halogens is 1. The zero-order valence-corrected chi connectivity index (χ0v) is 13.4. The molecule has 2 aliphatic heterocycles. The maximum atomic E-state index is 15.0. The number of H-pyrrole nitrogens is 1. The number of carbonyl (C=O) groups excluding carboxylic acids is 1. The Hall–Kier alpha value is -2.08. The van der Waals surface area contributed by atoms with Crippen molar-refractivity contribution in [2.75, 3.05) is 24.5 Å². The van der Waals surface area contributed by atoms with Crippen molar-refractivity contribution in [1.29, 1.82) is 0 Å². The summed E-state index contributed by atoms with van der Waals surface area (Å²) in [5, 5.41) is 4.19. The van der Waals surface area contributed by atoms with Gasteiger partial charge in [0.2, 0.25) is 0 Å². The summed E-state index contributed by atoms with van der Waals surface area (Å²) in [6.07, 6.45) is 1.07. The van der Waals surface area contributed by atoms with Gasteiger partial charge in [0.25, 0.3) is 5.91 Å². The molecule has 5 nitrogen and oxygen atoms in total. The van der Waals surface area contributed by atoms with E-state index in [4.69, 9.17) is 5.73 Å². The third kappa shape index (κ3) is 1.97. The molecule has 0 radical (unpaired) electrons. The summed E-state index contributed by atoms with van der Waals surface area (Å²) in [7, 11) is 0. The van der Waals surface area contributed by atoms with Crippen molar-refractivity contribution in [3.05, 3.63) is 28.7 Å². The van der Waals surface area contributed by atoms with Gasteiger partial charge in [-0.1, -0.05) is 0 Å². The third-order valence-corrected chi connectivity index (χ3v) is 5.50. The van der Waals surface area contributed by atoms with Crippen LogP contribution in [0.5, 0.6) is 0 Å². The minimum Gasteiger partial charge on any atom is -0.366 e. The second-order valence-electron chi connectivity index (χ2n) is 6.71. The van der Waals surface area contributed by atoms with Crippen LogP contribution >= 0.6 is 0 Å². The number of aromatic nitrogens is 1. The highest BCUT2D eigenvalue weighted by atomic mass is 19.1. The minimum atomic E-state index is -0.608. The van der Waals surface area contributed by atoms with E-state index in [9.17, 15) is 9.18 Å². The molecule has 122 valence electrons. The van der Waals surface area contributed by atoms with E-state index in [1.165, 1.54) is 6.07 Å². The summed E-state index contributed by atoms with van der Waals surface area (Å²) >= 11 is 0. The molecule has 2 fully saturated rings. The van der Waals surface area contributed by atoms with Crippen LogP contribution in [-0.4, -0.2) is 36.6 Å². The van der Waals surface area contributed by atoms with E-state index in [2.05, 4.69) is 15.2 Å². The topological polar surface area (TPSA) is 74.2 Å². The molecule has 6 heteroatoms. The van der Waals surface area contributed by atoms with Gasteiger partial charge in [0.1, 0.15) is 5.82 Å². The molecule has 0 spiro atoms. The lowest BCUT2D eigenvalue weighted by atomic mass is 10.0. The zero-order chi connectivity index (χ0) is 16.3. The summed E-state index contributed by atoms with van der Waals surface area (Å²) < 4.78 is 15.0. The fourth-order valence-corrected chi connectivity index (χ4v) is 4.21. The number of aryl methyl sites for hydroxylation is 2. The Bertz CT molecular complexity index is 813. The van der Waals surface area contributed by atoms with Gasteiger partial charge in [-0.2, -0.15) is 0 Å². The monoisotopic (exact) mass is 316 g/mol. The number of nitrogens with two attached hydrogens (primary N) is 1. The quantitative estimate of drug-likeness (QED) is 0.791. The molecule has 1 aromatic carbocycles. The predicted molar refractivity (Wildman–Crippen MR) is 88.4 cm³/mol. The minimum absolute atomic E-state index is 0.220. The average Bonchev–Trinajstić information content (AvgIpc) is 3.16. The Morgan fingerprint density at radius 2 is 2.17 bits per heavy atom. The standard InChI is InChI=1S/C17H21FN4O/c1-8-9(2)21-15-11(17(19)23)5-12(18)16(14(8)15)22-4-3-10-6-20-7-13(10)22/h5,10,13,20-21H,3-4,6-7H2,1-2H3,(H2,19,23)/t10-,13+/m0/s1. The van der Waals surface area contributed by atoms with E-state index in [1.54, 1.807) is 0 Å². The second-order valence-corrected chi connectivity index (χ2v) is 6.71. The lowest BCUT2D eigenvalue weighted by Gasteiger charge is -2.27. The Labute approximate surface area is 134 Å². The van der Waals surface area contributed by atoms with Crippen molar-refractivity contribution in [3.8, 4) is 0 Å². The van der Waals surface area contributed by atoms with E-state index in [0.717, 1.165) is 42.7 Å². The highest BCUT2D eigenvalue weighted by molar-refractivity contribution is 6.10. The fourth-order valence-electron chi connectivity index (χ4n) is 4.21. The Kier molecular flexibility index (Phi) is 3.13. The largest absolute Gasteiger partial charge is 0.366 e. The van der Waals surface area contributed by atoms with Gasteiger partial charge in [-0.3, -0.25) is 4.79 Å². The first-order valence-electron chi connectivity index (χ1n) is 8.07. The van der Waals surface area contributed by atoms with Gasteiger partial charge in [0, 0.05) is 36.8 Å². The van der Waals surface area contributed by atoms with Gasteiger partial charge >= 0.3 is 0 Å². The first kappa shape index (κ1) is 14.5. The molecule has 1 aromatic heterocycles. The summed E-state index contributed by atoms with van der Waals surface area (Å²) in [5.74, 6) is -0.398. The molecule has 4 rings (SSSR count). The maximum Gasteiger partial charge on any atom is 0.250 e. The van der Waals surface area contributed by atoms with Gasteiger partial charge < -0.3 is 20.9 Å². The van der Waals surface area contributed by atoms with Crippen LogP contribution in [0.1, 0.15) is 28.0 Å². The van der Waals surface area contributed by atoms with Crippen LogP contribution in [0.4, 0.5) is 10.1 Å². The van der Waals surface area contributed by atoms with Crippen LogP contribution in [0.3, 0.4) is 0 Å². The summed E-state index contributed by atoms with van der Waals surface area (Å²) in [5.41, 5.74) is 8.85. The van der Waals surface area contributed by atoms with Crippen molar-refractivity contribution in [1.82, 2.24) is 10.3 Å². The molecule has 0 bridgehead atoms. The second kappa shape index (κ2) is 4.96. The van der Waals surface area contributed by atoms with Gasteiger partial charge in [0.05, 0.1) is 16.8 Å². The molecule has 2 saturated heterocycles. The molecule has 23 heavy (non-hydrogen) atoms. The molecule has 1 amide bonds. The van der Waals surface area contributed by atoms with Crippen LogP contribution < -0.4 is 16.0 Å². The molecule has 0 unspecified atom stereocenters. The number of fused-ring (bicyclic) bond motifs is 2. The molecular formula is C17H21FN4O. The molecule has 2 aliphatic rings. The smallest absolute Gasteiger partial charge is 0.250 e. The summed E-state index contributed by atoms with van der Waals surface area (Å²) in [6, 6.07) is 1.60. The molecule has 0 saturated carbocycles. The van der Waals surface area contributed by atoms with Crippen molar-refractivity contribution in [2.24, 2.45) is 11.7 Å². The van der Waals surface area contributed by atoms with Gasteiger partial charge in [0.15, 0.2) is 0 Å². The Morgan fingerprint density at radius 3 is 2.91 bits per heavy atom. The number of anilines is 1. The molecule has 2 aromatic rings. The highest BCUT2D eigenvalue weighted by Crippen LogP contribution is 2.41. The van der Waals surface area contributed by atoms with E-state index in [0.29, 0.717) is 23.2 Å². The Balaban J connectivity index is 1.98. The van der Waals surface area contributed by atoms with E-state index >= 15 is 0 Å². The maximum absolute atomic E-state index is 15.0. The van der Waals surface area contributed by atoms with Crippen molar-refractivity contribution >= 4 is 22.5 Å². The normalized spacial score (nSPS) is 23.7. The van der Waals surface area contributed by atoms with Crippen molar-refractivity contribution < 1.29 is 9.18 Å². The summed E-state index contributed by atoms with van der Waals surface area (Å²) in [4.78, 5) is 17.1. The number of benzene rings is 1. The number of nitrogens with zero attached hydrogens (tertiary/aromatic N) is 1. The predicted octanol–water partition coefficient (Wildman–Crippen LogP) is 1.82.